The Morgan fingerprint density at radius 3 is 2.79 bits per heavy atom. The van der Waals surface area contributed by atoms with Gasteiger partial charge in [0.25, 0.3) is 0 Å². The number of amides is 1. The van der Waals surface area contributed by atoms with Crippen LogP contribution in [0, 0.1) is 0 Å². The van der Waals surface area contributed by atoms with Crippen LogP contribution in [0.15, 0.2) is 41.5 Å². The van der Waals surface area contributed by atoms with Gasteiger partial charge in [0.05, 0.1) is 24.0 Å². The molecule has 0 aliphatic rings. The fourth-order valence-corrected chi connectivity index (χ4v) is 1.58. The number of pyridine rings is 2. The Kier molecular flexibility index (Phi) is 3.61. The van der Waals surface area contributed by atoms with Crippen LogP contribution in [0.3, 0.4) is 0 Å². The third-order valence-electron chi connectivity index (χ3n) is 2.56. The zero-order chi connectivity index (χ0) is 13.8. The Labute approximate surface area is 109 Å². The molecule has 0 unspecified atom stereocenters. The van der Waals surface area contributed by atoms with Gasteiger partial charge in [0.15, 0.2) is 0 Å². The summed E-state index contributed by atoms with van der Waals surface area (Å²) in [6.07, 6.45) is 3.23. The molecule has 6 heteroatoms. The van der Waals surface area contributed by atoms with Crippen molar-refractivity contribution in [3.05, 3.63) is 52.7 Å². The molecule has 1 amide bonds. The van der Waals surface area contributed by atoms with Gasteiger partial charge < -0.3 is 15.6 Å². The van der Waals surface area contributed by atoms with Gasteiger partial charge in [0.1, 0.15) is 0 Å². The second-order valence-corrected chi connectivity index (χ2v) is 4.17. The number of nitrogens with one attached hydrogen (secondary N) is 1. The van der Waals surface area contributed by atoms with Gasteiger partial charge in [0, 0.05) is 25.0 Å². The van der Waals surface area contributed by atoms with Crippen LogP contribution in [0.5, 0.6) is 0 Å². The number of nitrogen functional groups attached to an aromatic ring is 1. The van der Waals surface area contributed by atoms with E-state index in [0.717, 1.165) is 0 Å². The van der Waals surface area contributed by atoms with Crippen LogP contribution in [0.1, 0.15) is 5.69 Å². The lowest BCUT2D eigenvalue weighted by atomic mass is 10.2. The molecule has 0 aromatic carbocycles. The predicted octanol–water partition coefficient (Wildman–Crippen LogP) is 0.544. The van der Waals surface area contributed by atoms with E-state index < -0.39 is 0 Å². The van der Waals surface area contributed by atoms with Gasteiger partial charge in [-0.25, -0.2) is 0 Å². The number of nitrogens with zero attached hydrogens (tertiary/aromatic N) is 2. The summed E-state index contributed by atoms with van der Waals surface area (Å²) < 4.78 is 1.40. The number of nitrogens with two attached hydrogens (primary N) is 1. The van der Waals surface area contributed by atoms with E-state index in [9.17, 15) is 9.59 Å². The van der Waals surface area contributed by atoms with Crippen molar-refractivity contribution in [1.82, 2.24) is 9.55 Å². The van der Waals surface area contributed by atoms with E-state index in [1.165, 1.54) is 16.8 Å². The first kappa shape index (κ1) is 12.8. The lowest BCUT2D eigenvalue weighted by Gasteiger charge is -2.06. The number of aromatic nitrogens is 2. The van der Waals surface area contributed by atoms with Crippen LogP contribution in [0.2, 0.25) is 0 Å². The Hall–Kier alpha value is -2.63. The normalized spacial score (nSPS) is 10.2. The molecule has 3 N–H and O–H groups in total. The third kappa shape index (κ3) is 3.41. The zero-order valence-electron chi connectivity index (χ0n) is 10.5. The monoisotopic (exact) mass is 258 g/mol. The molecule has 0 radical (unpaired) electrons. The summed E-state index contributed by atoms with van der Waals surface area (Å²) in [5.74, 6) is -0.198. The zero-order valence-corrected chi connectivity index (χ0v) is 10.5. The summed E-state index contributed by atoms with van der Waals surface area (Å²) in [6.45, 7) is 0. The van der Waals surface area contributed by atoms with Crippen molar-refractivity contribution in [2.45, 2.75) is 6.42 Å². The largest absolute Gasteiger partial charge is 0.397 e. The number of anilines is 2. The highest BCUT2D eigenvalue weighted by Gasteiger charge is 2.05. The highest BCUT2D eigenvalue weighted by Crippen LogP contribution is 2.05. The molecule has 0 bridgehead atoms. The van der Waals surface area contributed by atoms with E-state index >= 15 is 0 Å². The quantitative estimate of drug-likeness (QED) is 0.841. The van der Waals surface area contributed by atoms with Crippen molar-refractivity contribution in [2.24, 2.45) is 7.05 Å². The molecule has 0 aliphatic heterocycles. The van der Waals surface area contributed by atoms with Gasteiger partial charge in [-0.1, -0.05) is 0 Å². The summed E-state index contributed by atoms with van der Waals surface area (Å²) >= 11 is 0. The second kappa shape index (κ2) is 5.34. The first-order valence-corrected chi connectivity index (χ1v) is 5.71. The minimum atomic E-state index is -0.198. The Bertz CT molecular complexity index is 646. The van der Waals surface area contributed by atoms with Gasteiger partial charge in [-0.05, 0) is 18.2 Å². The van der Waals surface area contributed by atoms with Crippen LogP contribution in [0.25, 0.3) is 0 Å². The highest BCUT2D eigenvalue weighted by atomic mass is 16.1. The number of carbonyl (C=O) groups is 1. The van der Waals surface area contributed by atoms with Crippen molar-refractivity contribution in [1.29, 1.82) is 0 Å². The fraction of sp³-hybridized carbons (Fsp3) is 0.154. The first-order valence-electron chi connectivity index (χ1n) is 5.71. The van der Waals surface area contributed by atoms with Gasteiger partial charge in [-0.15, -0.1) is 0 Å². The van der Waals surface area contributed by atoms with Crippen molar-refractivity contribution >= 4 is 17.3 Å². The molecule has 2 aromatic rings. The molecular formula is C13H14N4O2. The third-order valence-corrected chi connectivity index (χ3v) is 2.56. The predicted molar refractivity (Wildman–Crippen MR) is 72.7 cm³/mol. The number of hydrogen-bond donors (Lipinski definition) is 2. The van der Waals surface area contributed by atoms with Crippen LogP contribution >= 0.6 is 0 Å². The van der Waals surface area contributed by atoms with Crippen LogP contribution in [0.4, 0.5) is 11.4 Å². The lowest BCUT2D eigenvalue weighted by molar-refractivity contribution is -0.115. The summed E-state index contributed by atoms with van der Waals surface area (Å²) in [4.78, 5) is 27.1. The summed E-state index contributed by atoms with van der Waals surface area (Å²) in [5, 5.41) is 2.70. The van der Waals surface area contributed by atoms with Crippen molar-refractivity contribution in [3.63, 3.8) is 0 Å². The SMILES string of the molecule is Cn1cc(NC(=O)Cc2ccc(N)cn2)ccc1=O. The van der Waals surface area contributed by atoms with Crippen LogP contribution < -0.4 is 16.6 Å². The van der Waals surface area contributed by atoms with Crippen molar-refractivity contribution < 1.29 is 4.79 Å². The van der Waals surface area contributed by atoms with E-state index in [0.29, 0.717) is 17.1 Å². The summed E-state index contributed by atoms with van der Waals surface area (Å²) in [6, 6.07) is 6.37. The number of aryl methyl sites for hydroxylation is 1. The minimum Gasteiger partial charge on any atom is -0.397 e. The Morgan fingerprint density at radius 2 is 2.16 bits per heavy atom. The molecule has 0 saturated heterocycles. The van der Waals surface area contributed by atoms with E-state index in [1.54, 1.807) is 31.4 Å². The fourth-order valence-electron chi connectivity index (χ4n) is 1.58. The molecular weight excluding hydrogens is 244 g/mol. The van der Waals surface area contributed by atoms with E-state index in [-0.39, 0.29) is 17.9 Å². The molecule has 0 aliphatic carbocycles. The first-order chi connectivity index (χ1) is 9.04. The summed E-state index contributed by atoms with van der Waals surface area (Å²) in [7, 11) is 1.62. The van der Waals surface area contributed by atoms with Crippen LogP contribution in [-0.4, -0.2) is 15.5 Å². The Morgan fingerprint density at radius 1 is 1.37 bits per heavy atom. The molecule has 19 heavy (non-hydrogen) atoms. The average Bonchev–Trinajstić information content (AvgIpc) is 2.37. The molecule has 2 heterocycles. The average molecular weight is 258 g/mol. The van der Waals surface area contributed by atoms with Crippen LogP contribution in [-0.2, 0) is 18.3 Å². The molecule has 2 rings (SSSR count). The molecule has 0 atom stereocenters. The number of hydrogen-bond acceptors (Lipinski definition) is 4. The molecule has 98 valence electrons. The Balaban J connectivity index is 2.03. The maximum Gasteiger partial charge on any atom is 0.250 e. The molecule has 0 fully saturated rings. The summed E-state index contributed by atoms with van der Waals surface area (Å²) in [5.41, 5.74) is 7.15. The smallest absolute Gasteiger partial charge is 0.250 e. The topological polar surface area (TPSA) is 90.0 Å². The van der Waals surface area contributed by atoms with E-state index in [4.69, 9.17) is 5.73 Å². The molecule has 0 spiro atoms. The van der Waals surface area contributed by atoms with Gasteiger partial charge in [-0.3, -0.25) is 14.6 Å². The molecule has 2 aromatic heterocycles. The van der Waals surface area contributed by atoms with Gasteiger partial charge >= 0.3 is 0 Å². The van der Waals surface area contributed by atoms with E-state index in [2.05, 4.69) is 10.3 Å². The maximum atomic E-state index is 11.8. The van der Waals surface area contributed by atoms with Crippen molar-refractivity contribution in [3.8, 4) is 0 Å². The van der Waals surface area contributed by atoms with Crippen molar-refractivity contribution in [2.75, 3.05) is 11.1 Å². The molecule has 0 saturated carbocycles. The minimum absolute atomic E-state index is 0.127. The lowest BCUT2D eigenvalue weighted by Crippen LogP contribution is -2.19. The van der Waals surface area contributed by atoms with Gasteiger partial charge in [-0.2, -0.15) is 0 Å². The van der Waals surface area contributed by atoms with E-state index in [1.807, 2.05) is 0 Å². The standard InChI is InChI=1S/C13H14N4O2/c1-17-8-11(4-5-13(17)19)16-12(18)6-10-3-2-9(14)7-15-10/h2-5,7-8H,6,14H2,1H3,(H,16,18). The highest BCUT2D eigenvalue weighted by molar-refractivity contribution is 5.91. The second-order valence-electron chi connectivity index (χ2n) is 4.17. The number of rotatable bonds is 3. The molecule has 6 nitrogen and oxygen atoms in total. The van der Waals surface area contributed by atoms with Gasteiger partial charge in [0.2, 0.25) is 11.5 Å². The number of carbonyl (C=O) groups excluding carboxylic acids is 1. The maximum absolute atomic E-state index is 11.8.